The van der Waals surface area contributed by atoms with Crippen LogP contribution in [0.4, 0.5) is 5.69 Å². The zero-order valence-corrected chi connectivity index (χ0v) is 13.4. The molecule has 0 amide bonds. The van der Waals surface area contributed by atoms with Gasteiger partial charge in [0.1, 0.15) is 5.69 Å². The molecule has 2 rings (SSSR count). The second-order valence-electron chi connectivity index (χ2n) is 4.24. The number of halogens is 2. The summed E-state index contributed by atoms with van der Waals surface area (Å²) >= 11 is 12.2. The molecular formula is C14H17Cl2N3O2. The normalized spacial score (nSPS) is 11.3. The van der Waals surface area contributed by atoms with Gasteiger partial charge in [0.2, 0.25) is 6.29 Å². The average Bonchev–Trinajstić information content (AvgIpc) is 2.80. The summed E-state index contributed by atoms with van der Waals surface area (Å²) in [4.78, 5) is 0. The van der Waals surface area contributed by atoms with E-state index >= 15 is 0 Å². The highest BCUT2D eigenvalue weighted by atomic mass is 35.5. The highest BCUT2D eigenvalue weighted by molar-refractivity contribution is 6.35. The van der Waals surface area contributed by atoms with Crippen LogP contribution in [0.1, 0.15) is 25.8 Å². The molecule has 21 heavy (non-hydrogen) atoms. The second-order valence-corrected chi connectivity index (χ2v) is 5.08. The lowest BCUT2D eigenvalue weighted by Crippen LogP contribution is -2.15. The standard InChI is InChI=1S/C14H17Cl2N3O2/c1-3-20-14(21-4-2)13-11(17)8-18-19(13)12-6-5-9(15)7-10(12)16/h5-8,14H,3-4,17H2,1-2H3. The third-order valence-corrected chi connectivity index (χ3v) is 3.37. The molecule has 0 radical (unpaired) electrons. The Morgan fingerprint density at radius 1 is 1.24 bits per heavy atom. The van der Waals surface area contributed by atoms with Gasteiger partial charge in [-0.1, -0.05) is 23.2 Å². The van der Waals surface area contributed by atoms with Gasteiger partial charge in [-0.3, -0.25) is 0 Å². The lowest BCUT2D eigenvalue weighted by molar-refractivity contribution is -0.143. The van der Waals surface area contributed by atoms with Crippen LogP contribution in [0.2, 0.25) is 10.0 Å². The summed E-state index contributed by atoms with van der Waals surface area (Å²) in [7, 11) is 0. The second kappa shape index (κ2) is 7.13. The Morgan fingerprint density at radius 3 is 2.48 bits per heavy atom. The first-order valence-electron chi connectivity index (χ1n) is 6.60. The molecule has 0 saturated heterocycles. The number of rotatable bonds is 6. The van der Waals surface area contributed by atoms with E-state index in [4.69, 9.17) is 38.4 Å². The number of hydrogen-bond acceptors (Lipinski definition) is 4. The fraction of sp³-hybridized carbons (Fsp3) is 0.357. The van der Waals surface area contributed by atoms with Gasteiger partial charge in [-0.05, 0) is 32.0 Å². The fourth-order valence-corrected chi connectivity index (χ4v) is 2.45. The van der Waals surface area contributed by atoms with Crippen LogP contribution in [0.3, 0.4) is 0 Å². The number of nitrogens with two attached hydrogens (primary N) is 1. The maximum absolute atomic E-state index is 6.24. The maximum atomic E-state index is 6.24. The summed E-state index contributed by atoms with van der Waals surface area (Å²) in [5.74, 6) is 0. The van der Waals surface area contributed by atoms with Crippen LogP contribution in [0, 0.1) is 0 Å². The number of nitrogen functional groups attached to an aromatic ring is 1. The Kier molecular flexibility index (Phi) is 5.47. The van der Waals surface area contributed by atoms with E-state index in [0.717, 1.165) is 0 Å². The molecular weight excluding hydrogens is 313 g/mol. The average molecular weight is 330 g/mol. The molecule has 7 heteroatoms. The van der Waals surface area contributed by atoms with Gasteiger partial charge in [-0.2, -0.15) is 5.10 Å². The van der Waals surface area contributed by atoms with Crippen molar-refractivity contribution in [3.63, 3.8) is 0 Å². The Labute approximate surface area is 133 Å². The van der Waals surface area contributed by atoms with E-state index in [2.05, 4.69) is 5.10 Å². The minimum atomic E-state index is -0.603. The molecule has 0 unspecified atom stereocenters. The van der Waals surface area contributed by atoms with E-state index in [1.807, 2.05) is 13.8 Å². The van der Waals surface area contributed by atoms with Gasteiger partial charge in [0.25, 0.3) is 0 Å². The molecule has 2 N–H and O–H groups in total. The highest BCUT2D eigenvalue weighted by Gasteiger charge is 2.22. The molecule has 0 bridgehead atoms. The summed E-state index contributed by atoms with van der Waals surface area (Å²) in [6, 6.07) is 5.16. The number of aromatic nitrogens is 2. The first kappa shape index (κ1) is 16.1. The Bertz CT molecular complexity index is 610. The molecule has 0 aliphatic carbocycles. The Morgan fingerprint density at radius 2 is 1.90 bits per heavy atom. The van der Waals surface area contributed by atoms with Crippen molar-refractivity contribution in [2.75, 3.05) is 18.9 Å². The smallest absolute Gasteiger partial charge is 0.203 e. The summed E-state index contributed by atoms with van der Waals surface area (Å²) in [5, 5.41) is 5.29. The van der Waals surface area contributed by atoms with E-state index in [1.165, 1.54) is 0 Å². The number of anilines is 1. The fourth-order valence-electron chi connectivity index (χ4n) is 1.96. The van der Waals surface area contributed by atoms with Crippen molar-refractivity contribution >= 4 is 28.9 Å². The molecule has 114 valence electrons. The van der Waals surface area contributed by atoms with Gasteiger partial charge in [0.15, 0.2) is 0 Å². The first-order chi connectivity index (χ1) is 10.1. The van der Waals surface area contributed by atoms with E-state index < -0.39 is 6.29 Å². The molecule has 1 aromatic carbocycles. The summed E-state index contributed by atoms with van der Waals surface area (Å²) in [6.07, 6.45) is 0.944. The summed E-state index contributed by atoms with van der Waals surface area (Å²) < 4.78 is 12.8. The number of hydrogen-bond donors (Lipinski definition) is 1. The van der Waals surface area contributed by atoms with Crippen molar-refractivity contribution in [2.24, 2.45) is 0 Å². The van der Waals surface area contributed by atoms with Crippen molar-refractivity contribution in [2.45, 2.75) is 20.1 Å². The molecule has 0 spiro atoms. The molecule has 1 heterocycles. The van der Waals surface area contributed by atoms with Crippen molar-refractivity contribution in [3.8, 4) is 5.69 Å². The third-order valence-electron chi connectivity index (χ3n) is 2.83. The van der Waals surface area contributed by atoms with Crippen molar-refractivity contribution < 1.29 is 9.47 Å². The number of ether oxygens (including phenoxy) is 2. The quantitative estimate of drug-likeness (QED) is 0.818. The van der Waals surface area contributed by atoms with Crippen LogP contribution in [0.5, 0.6) is 0 Å². The summed E-state index contributed by atoms with van der Waals surface area (Å²) in [5.41, 5.74) is 7.77. The van der Waals surface area contributed by atoms with Gasteiger partial charge in [-0.25, -0.2) is 4.68 Å². The summed E-state index contributed by atoms with van der Waals surface area (Å²) in [6.45, 7) is 4.75. The predicted molar refractivity (Wildman–Crippen MR) is 84.0 cm³/mol. The van der Waals surface area contributed by atoms with Gasteiger partial charge in [-0.15, -0.1) is 0 Å². The largest absolute Gasteiger partial charge is 0.396 e. The Balaban J connectivity index is 2.50. The molecule has 0 fully saturated rings. The lowest BCUT2D eigenvalue weighted by Gasteiger charge is -2.19. The predicted octanol–water partition coefficient (Wildman–Crippen LogP) is 3.83. The molecule has 2 aromatic rings. The van der Waals surface area contributed by atoms with Crippen molar-refractivity contribution in [1.82, 2.24) is 9.78 Å². The lowest BCUT2D eigenvalue weighted by atomic mass is 10.3. The molecule has 0 atom stereocenters. The maximum Gasteiger partial charge on any atom is 0.203 e. The van der Waals surface area contributed by atoms with Gasteiger partial charge < -0.3 is 15.2 Å². The molecule has 5 nitrogen and oxygen atoms in total. The van der Waals surface area contributed by atoms with Gasteiger partial charge in [0, 0.05) is 18.2 Å². The van der Waals surface area contributed by atoms with E-state index in [0.29, 0.717) is 40.3 Å². The monoisotopic (exact) mass is 329 g/mol. The van der Waals surface area contributed by atoms with Crippen LogP contribution in [-0.2, 0) is 9.47 Å². The minimum absolute atomic E-state index is 0.471. The van der Waals surface area contributed by atoms with E-state index in [9.17, 15) is 0 Å². The Hall–Kier alpha value is -1.27. The van der Waals surface area contributed by atoms with Crippen molar-refractivity contribution in [1.29, 1.82) is 0 Å². The zero-order chi connectivity index (χ0) is 15.4. The van der Waals surface area contributed by atoms with Gasteiger partial charge >= 0.3 is 0 Å². The topological polar surface area (TPSA) is 62.3 Å². The first-order valence-corrected chi connectivity index (χ1v) is 7.36. The minimum Gasteiger partial charge on any atom is -0.396 e. The third kappa shape index (κ3) is 3.49. The number of nitrogens with zero attached hydrogens (tertiary/aromatic N) is 2. The van der Waals surface area contributed by atoms with Crippen LogP contribution < -0.4 is 5.73 Å². The van der Waals surface area contributed by atoms with E-state index in [1.54, 1.807) is 29.1 Å². The van der Waals surface area contributed by atoms with E-state index in [-0.39, 0.29) is 0 Å². The number of benzene rings is 1. The van der Waals surface area contributed by atoms with Crippen LogP contribution in [-0.4, -0.2) is 23.0 Å². The molecule has 0 aliphatic rings. The van der Waals surface area contributed by atoms with Crippen LogP contribution >= 0.6 is 23.2 Å². The highest BCUT2D eigenvalue weighted by Crippen LogP contribution is 2.31. The molecule has 0 saturated carbocycles. The molecule has 1 aromatic heterocycles. The zero-order valence-electron chi connectivity index (χ0n) is 11.8. The van der Waals surface area contributed by atoms with Crippen LogP contribution in [0.15, 0.2) is 24.4 Å². The SMILES string of the molecule is CCOC(OCC)c1c(N)cnn1-c1ccc(Cl)cc1Cl. The van der Waals surface area contributed by atoms with Crippen LogP contribution in [0.25, 0.3) is 5.69 Å². The van der Waals surface area contributed by atoms with Crippen molar-refractivity contribution in [3.05, 3.63) is 40.1 Å². The van der Waals surface area contributed by atoms with Gasteiger partial charge in [0.05, 0.1) is 22.6 Å². The molecule has 0 aliphatic heterocycles.